The number of para-hydroxylation sites is 1. The van der Waals surface area contributed by atoms with Gasteiger partial charge in [-0.25, -0.2) is 4.79 Å². The number of hydrogen-bond donors (Lipinski definition) is 8. The van der Waals surface area contributed by atoms with Crippen LogP contribution in [0.1, 0.15) is 18.9 Å². The summed E-state index contributed by atoms with van der Waals surface area (Å²) >= 11 is 3.94. The van der Waals surface area contributed by atoms with Crippen LogP contribution in [0.5, 0.6) is 0 Å². The molecule has 4 atom stereocenters. The monoisotopic (exact) mass is 492 g/mol. The van der Waals surface area contributed by atoms with Gasteiger partial charge < -0.3 is 37.5 Å². The first-order valence-corrected chi connectivity index (χ1v) is 11.0. The summed E-state index contributed by atoms with van der Waals surface area (Å²) in [6.07, 6.45) is 1.34. The zero-order chi connectivity index (χ0) is 25.4. The third kappa shape index (κ3) is 7.22. The summed E-state index contributed by atoms with van der Waals surface area (Å²) in [7, 11) is 0. The van der Waals surface area contributed by atoms with Crippen LogP contribution in [0, 0.1) is 0 Å². The lowest BCUT2D eigenvalue weighted by molar-refractivity contribution is -0.141. The summed E-state index contributed by atoms with van der Waals surface area (Å²) in [5, 5.41) is 17.3. The second kappa shape index (κ2) is 12.0. The number of aliphatic carboxylic acids is 1. The molecule has 4 amide bonds. The van der Waals surface area contributed by atoms with E-state index in [1.165, 1.54) is 6.92 Å². The lowest BCUT2D eigenvalue weighted by Gasteiger charge is -2.23. The number of amides is 4. The predicted molar refractivity (Wildman–Crippen MR) is 127 cm³/mol. The summed E-state index contributed by atoms with van der Waals surface area (Å²) in [6, 6.07) is 2.59. The van der Waals surface area contributed by atoms with Crippen LogP contribution >= 0.6 is 12.6 Å². The minimum absolute atomic E-state index is 0.0440. The van der Waals surface area contributed by atoms with Gasteiger partial charge in [0.1, 0.15) is 18.1 Å². The lowest BCUT2D eigenvalue weighted by Crippen LogP contribution is -2.57. The minimum Gasteiger partial charge on any atom is -0.480 e. The molecule has 0 bridgehead atoms. The summed E-state index contributed by atoms with van der Waals surface area (Å²) in [4.78, 5) is 63.1. The van der Waals surface area contributed by atoms with Gasteiger partial charge in [0.25, 0.3) is 0 Å². The number of benzene rings is 1. The number of nitrogens with two attached hydrogens (primary N) is 2. The molecule has 0 radical (unpaired) electrons. The molecule has 1 heterocycles. The molecular formula is C21H28N6O6S. The van der Waals surface area contributed by atoms with E-state index in [0.717, 1.165) is 10.9 Å². The normalized spacial score (nSPS) is 14.4. The van der Waals surface area contributed by atoms with Crippen molar-refractivity contribution in [1.82, 2.24) is 20.9 Å². The van der Waals surface area contributed by atoms with Gasteiger partial charge in [0, 0.05) is 29.3 Å². The first-order valence-electron chi connectivity index (χ1n) is 10.4. The van der Waals surface area contributed by atoms with Crippen LogP contribution in [0.3, 0.4) is 0 Å². The molecule has 184 valence electrons. The fourth-order valence-electron chi connectivity index (χ4n) is 3.18. The number of carboxylic acids is 1. The molecule has 2 aromatic rings. The number of hydrogen-bond acceptors (Lipinski definition) is 7. The van der Waals surface area contributed by atoms with Gasteiger partial charge in [-0.3, -0.25) is 19.2 Å². The molecule has 1 aromatic carbocycles. The van der Waals surface area contributed by atoms with Gasteiger partial charge in [0.2, 0.25) is 23.6 Å². The van der Waals surface area contributed by atoms with E-state index in [1.54, 1.807) is 6.20 Å². The maximum atomic E-state index is 12.9. The summed E-state index contributed by atoms with van der Waals surface area (Å²) in [6.45, 7) is 1.37. The molecule has 0 saturated heterocycles. The van der Waals surface area contributed by atoms with Crippen LogP contribution in [0.15, 0.2) is 30.5 Å². The number of rotatable bonds is 12. The Hall–Kier alpha value is -3.58. The number of fused-ring (bicyclic) bond motifs is 1. The van der Waals surface area contributed by atoms with E-state index in [4.69, 9.17) is 11.5 Å². The zero-order valence-corrected chi connectivity index (χ0v) is 19.3. The minimum atomic E-state index is -1.27. The van der Waals surface area contributed by atoms with Crippen LogP contribution in [0.2, 0.25) is 0 Å². The molecule has 12 nitrogen and oxygen atoms in total. The number of primary amides is 1. The van der Waals surface area contributed by atoms with E-state index in [9.17, 15) is 29.1 Å². The highest BCUT2D eigenvalue weighted by Crippen LogP contribution is 2.19. The third-order valence-corrected chi connectivity index (χ3v) is 5.40. The fraction of sp³-hybridized carbons (Fsp3) is 0.381. The van der Waals surface area contributed by atoms with E-state index in [-0.39, 0.29) is 12.2 Å². The maximum Gasteiger partial charge on any atom is 0.327 e. The molecule has 0 spiro atoms. The Morgan fingerprint density at radius 1 is 1.03 bits per heavy atom. The number of carbonyl (C=O) groups excluding carboxylic acids is 4. The Labute approximate surface area is 200 Å². The number of carbonyl (C=O) groups is 5. The topological polar surface area (TPSA) is 209 Å². The van der Waals surface area contributed by atoms with Crippen LogP contribution in [0.25, 0.3) is 10.9 Å². The van der Waals surface area contributed by atoms with Crippen molar-refractivity contribution >= 4 is 53.1 Å². The average Bonchev–Trinajstić information content (AvgIpc) is 3.18. The van der Waals surface area contributed by atoms with Crippen molar-refractivity contribution in [2.75, 3.05) is 5.75 Å². The first-order chi connectivity index (χ1) is 16.0. The molecule has 34 heavy (non-hydrogen) atoms. The number of thiol groups is 1. The van der Waals surface area contributed by atoms with Gasteiger partial charge in [-0.1, -0.05) is 18.2 Å². The maximum absolute atomic E-state index is 12.9. The molecule has 9 N–H and O–H groups in total. The first kappa shape index (κ1) is 26.7. The van der Waals surface area contributed by atoms with Gasteiger partial charge in [-0.05, 0) is 18.6 Å². The molecule has 0 fully saturated rings. The van der Waals surface area contributed by atoms with Crippen molar-refractivity contribution in [2.45, 2.75) is 43.9 Å². The fourth-order valence-corrected chi connectivity index (χ4v) is 3.43. The number of aromatic nitrogens is 1. The number of H-pyrrole nitrogens is 1. The smallest absolute Gasteiger partial charge is 0.327 e. The molecule has 0 saturated carbocycles. The molecule has 0 aliphatic heterocycles. The Morgan fingerprint density at radius 3 is 2.29 bits per heavy atom. The Balaban J connectivity index is 2.18. The van der Waals surface area contributed by atoms with Crippen molar-refractivity contribution in [1.29, 1.82) is 0 Å². The van der Waals surface area contributed by atoms with E-state index in [0.29, 0.717) is 5.56 Å². The Morgan fingerprint density at radius 2 is 1.68 bits per heavy atom. The van der Waals surface area contributed by atoms with Crippen molar-refractivity contribution in [3.05, 3.63) is 36.0 Å². The SMILES string of the molecule is CC(NC(=O)C(N)CC(N)=O)C(=O)NC(Cc1c[nH]c2ccccc12)C(=O)NC(CS)C(=O)O. The Kier molecular flexibility index (Phi) is 9.45. The van der Waals surface area contributed by atoms with E-state index >= 15 is 0 Å². The highest BCUT2D eigenvalue weighted by molar-refractivity contribution is 7.80. The van der Waals surface area contributed by atoms with E-state index in [1.807, 2.05) is 24.3 Å². The standard InChI is InChI=1S/C21H28N6O6S/c1-10(25-19(30)13(22)7-17(23)28)18(29)26-15(20(31)27-16(9-34)21(32)33)6-11-8-24-14-5-3-2-4-12(11)14/h2-5,8,10,13,15-16,24,34H,6-7,9,22H2,1H3,(H2,23,28)(H,25,30)(H,26,29)(H,27,31)(H,32,33). The largest absolute Gasteiger partial charge is 0.480 e. The zero-order valence-electron chi connectivity index (χ0n) is 18.4. The third-order valence-electron chi connectivity index (χ3n) is 5.04. The van der Waals surface area contributed by atoms with Crippen molar-refractivity contribution in [2.24, 2.45) is 11.5 Å². The molecular weight excluding hydrogens is 464 g/mol. The second-order valence-corrected chi connectivity index (χ2v) is 8.08. The number of carboxylic acid groups (broad SMARTS) is 1. The quantitative estimate of drug-likeness (QED) is 0.163. The van der Waals surface area contributed by atoms with Crippen molar-refractivity contribution in [3.63, 3.8) is 0 Å². The summed E-state index contributed by atoms with van der Waals surface area (Å²) in [5.41, 5.74) is 12.1. The van der Waals surface area contributed by atoms with Crippen LogP contribution < -0.4 is 27.4 Å². The van der Waals surface area contributed by atoms with Gasteiger partial charge in [0.15, 0.2) is 0 Å². The highest BCUT2D eigenvalue weighted by Gasteiger charge is 2.29. The molecule has 2 rings (SSSR count). The predicted octanol–water partition coefficient (Wildman–Crippen LogP) is -1.60. The lowest BCUT2D eigenvalue weighted by atomic mass is 10.0. The second-order valence-electron chi connectivity index (χ2n) is 7.71. The number of aromatic amines is 1. The summed E-state index contributed by atoms with van der Waals surface area (Å²) in [5.74, 6) is -4.41. The number of nitrogens with one attached hydrogen (secondary N) is 4. The summed E-state index contributed by atoms with van der Waals surface area (Å²) < 4.78 is 0. The van der Waals surface area contributed by atoms with Crippen LogP contribution in [-0.4, -0.2) is 69.6 Å². The average molecular weight is 493 g/mol. The molecule has 0 aliphatic carbocycles. The van der Waals surface area contributed by atoms with Gasteiger partial charge >= 0.3 is 5.97 Å². The van der Waals surface area contributed by atoms with Gasteiger partial charge in [-0.2, -0.15) is 12.6 Å². The molecule has 13 heteroatoms. The van der Waals surface area contributed by atoms with E-state index in [2.05, 4.69) is 33.6 Å². The van der Waals surface area contributed by atoms with E-state index < -0.39 is 60.2 Å². The molecule has 4 unspecified atom stereocenters. The highest BCUT2D eigenvalue weighted by atomic mass is 32.1. The van der Waals surface area contributed by atoms with Gasteiger partial charge in [-0.15, -0.1) is 0 Å². The molecule has 1 aromatic heterocycles. The van der Waals surface area contributed by atoms with Crippen molar-refractivity contribution in [3.8, 4) is 0 Å². The molecule has 0 aliphatic rings. The van der Waals surface area contributed by atoms with Crippen LogP contribution in [-0.2, 0) is 30.4 Å². The Bertz CT molecular complexity index is 1070. The van der Waals surface area contributed by atoms with Crippen LogP contribution in [0.4, 0.5) is 0 Å². The van der Waals surface area contributed by atoms with Crippen molar-refractivity contribution < 1.29 is 29.1 Å². The van der Waals surface area contributed by atoms with Gasteiger partial charge in [0.05, 0.1) is 12.5 Å².